The zero-order chi connectivity index (χ0) is 22.7. The maximum atomic E-state index is 11.8. The van der Waals surface area contributed by atoms with Crippen LogP contribution in [0.1, 0.15) is 40.5 Å². The molecule has 11 nitrogen and oxygen atoms in total. The average Bonchev–Trinajstić information content (AvgIpc) is 2.63. The van der Waals surface area contributed by atoms with Crippen LogP contribution in [0.5, 0.6) is 0 Å². The van der Waals surface area contributed by atoms with Crippen molar-refractivity contribution >= 4 is 23.8 Å². The molecule has 1 saturated heterocycles. The summed E-state index contributed by atoms with van der Waals surface area (Å²) < 4.78 is 32.3. The predicted octanol–water partition coefficient (Wildman–Crippen LogP) is 0.0857. The number of hydrogen-bond acceptors (Lipinski definition) is 10. The first-order valence-electron chi connectivity index (χ1n) is 9.66. The summed E-state index contributed by atoms with van der Waals surface area (Å²) in [5.74, 6) is -2.30. The van der Waals surface area contributed by atoms with E-state index >= 15 is 0 Å². The van der Waals surface area contributed by atoms with Gasteiger partial charge in [0.2, 0.25) is 5.91 Å². The van der Waals surface area contributed by atoms with Crippen LogP contribution < -0.4 is 5.32 Å². The number of nitrogens with one attached hydrogen (secondary N) is 1. The Morgan fingerprint density at radius 1 is 0.867 bits per heavy atom. The molecule has 0 aromatic carbocycles. The number of esters is 3. The number of hydrogen-bond donors (Lipinski definition) is 1. The Morgan fingerprint density at radius 3 is 2.00 bits per heavy atom. The average molecular weight is 433 g/mol. The van der Waals surface area contributed by atoms with Crippen molar-refractivity contribution in [1.82, 2.24) is 5.32 Å². The topological polar surface area (TPSA) is 136 Å². The molecule has 1 heterocycles. The Labute approximate surface area is 175 Å². The SMILES string of the molecule is COCCCCOC1OC(COC(C)=O)C(OC(C)=O)C(OC(C)=O)C1NC(C)=O. The fourth-order valence-electron chi connectivity index (χ4n) is 2.98. The monoisotopic (exact) mass is 433 g/mol. The second kappa shape index (κ2) is 13.1. The van der Waals surface area contributed by atoms with Gasteiger partial charge in [-0.25, -0.2) is 0 Å². The first-order valence-corrected chi connectivity index (χ1v) is 9.66. The van der Waals surface area contributed by atoms with E-state index < -0.39 is 54.5 Å². The van der Waals surface area contributed by atoms with Gasteiger partial charge in [0.1, 0.15) is 18.8 Å². The van der Waals surface area contributed by atoms with Gasteiger partial charge in [0.05, 0.1) is 0 Å². The summed E-state index contributed by atoms with van der Waals surface area (Å²) in [5.41, 5.74) is 0. The molecule has 0 aliphatic carbocycles. The lowest BCUT2D eigenvalue weighted by molar-refractivity contribution is -0.277. The van der Waals surface area contributed by atoms with E-state index in [1.54, 1.807) is 7.11 Å². The van der Waals surface area contributed by atoms with Crippen molar-refractivity contribution in [1.29, 1.82) is 0 Å². The molecule has 0 bridgehead atoms. The van der Waals surface area contributed by atoms with Gasteiger partial charge >= 0.3 is 17.9 Å². The third kappa shape index (κ3) is 9.06. The summed E-state index contributed by atoms with van der Waals surface area (Å²) in [5, 5.41) is 2.64. The molecule has 1 amide bonds. The van der Waals surface area contributed by atoms with Gasteiger partial charge in [0.15, 0.2) is 18.5 Å². The maximum absolute atomic E-state index is 11.8. The quantitative estimate of drug-likeness (QED) is 0.271. The van der Waals surface area contributed by atoms with E-state index in [0.29, 0.717) is 13.0 Å². The second-order valence-corrected chi connectivity index (χ2v) is 6.79. The highest BCUT2D eigenvalue weighted by molar-refractivity contribution is 5.73. The molecule has 0 aromatic rings. The van der Waals surface area contributed by atoms with Gasteiger partial charge in [-0.15, -0.1) is 0 Å². The zero-order valence-electron chi connectivity index (χ0n) is 18.0. The van der Waals surface area contributed by atoms with Crippen LogP contribution >= 0.6 is 0 Å². The minimum absolute atomic E-state index is 0.263. The Morgan fingerprint density at radius 2 is 1.47 bits per heavy atom. The summed E-state index contributed by atoms with van der Waals surface area (Å²) in [6.07, 6.45) is -2.86. The van der Waals surface area contributed by atoms with Gasteiger partial charge in [-0.3, -0.25) is 19.2 Å². The van der Waals surface area contributed by atoms with E-state index in [2.05, 4.69) is 5.32 Å². The standard InChI is InChI=1S/C19H31NO10/c1-11(21)20-16-18(29-14(4)24)17(28-13(3)23)15(10-27-12(2)22)30-19(16)26-9-7-6-8-25-5/h15-19H,6-10H2,1-5H3,(H,20,21). The number of methoxy groups -OCH3 is 1. The predicted molar refractivity (Wildman–Crippen MR) is 101 cm³/mol. The van der Waals surface area contributed by atoms with Crippen molar-refractivity contribution in [2.24, 2.45) is 0 Å². The molecule has 0 radical (unpaired) electrons. The van der Waals surface area contributed by atoms with Crippen LogP contribution in [0.4, 0.5) is 0 Å². The van der Waals surface area contributed by atoms with Crippen molar-refractivity contribution in [3.63, 3.8) is 0 Å². The molecule has 1 rings (SSSR count). The third-order valence-corrected chi connectivity index (χ3v) is 4.10. The van der Waals surface area contributed by atoms with E-state index in [1.165, 1.54) is 27.7 Å². The summed E-state index contributed by atoms with van der Waals surface area (Å²) in [4.78, 5) is 46.4. The molecular formula is C19H31NO10. The van der Waals surface area contributed by atoms with Crippen LogP contribution in [0.25, 0.3) is 0 Å². The van der Waals surface area contributed by atoms with Crippen LogP contribution in [0.15, 0.2) is 0 Å². The maximum Gasteiger partial charge on any atom is 0.303 e. The molecule has 1 N–H and O–H groups in total. The molecule has 5 unspecified atom stereocenters. The van der Waals surface area contributed by atoms with Crippen LogP contribution in [-0.4, -0.2) is 81.4 Å². The fraction of sp³-hybridized carbons (Fsp3) is 0.789. The van der Waals surface area contributed by atoms with Crippen molar-refractivity contribution in [2.45, 2.75) is 71.2 Å². The summed E-state index contributed by atoms with van der Waals surface area (Å²) in [6, 6.07) is -0.952. The van der Waals surface area contributed by atoms with Crippen LogP contribution in [0.3, 0.4) is 0 Å². The first kappa shape index (κ1) is 25.8. The Hall–Kier alpha value is -2.24. The zero-order valence-corrected chi connectivity index (χ0v) is 18.0. The molecule has 1 aliphatic rings. The van der Waals surface area contributed by atoms with E-state index in [4.69, 9.17) is 28.4 Å². The highest BCUT2D eigenvalue weighted by Gasteiger charge is 2.51. The Bertz CT molecular complexity index is 596. The van der Waals surface area contributed by atoms with Crippen LogP contribution in [0, 0.1) is 0 Å². The lowest BCUT2D eigenvalue weighted by Crippen LogP contribution is -2.66. The van der Waals surface area contributed by atoms with Gasteiger partial charge in [0.25, 0.3) is 0 Å². The van der Waals surface area contributed by atoms with E-state index in [1.807, 2.05) is 0 Å². The number of unbranched alkanes of at least 4 members (excludes halogenated alkanes) is 1. The fourth-order valence-corrected chi connectivity index (χ4v) is 2.98. The lowest BCUT2D eigenvalue weighted by Gasteiger charge is -2.44. The lowest BCUT2D eigenvalue weighted by atomic mass is 9.96. The second-order valence-electron chi connectivity index (χ2n) is 6.79. The molecule has 5 atom stereocenters. The summed E-state index contributed by atoms with van der Waals surface area (Å²) in [7, 11) is 1.59. The molecule has 0 saturated carbocycles. The van der Waals surface area contributed by atoms with Gasteiger partial charge in [-0.05, 0) is 12.8 Å². The third-order valence-electron chi connectivity index (χ3n) is 4.10. The number of amides is 1. The highest BCUT2D eigenvalue weighted by Crippen LogP contribution is 2.28. The smallest absolute Gasteiger partial charge is 0.303 e. The highest BCUT2D eigenvalue weighted by atomic mass is 16.7. The van der Waals surface area contributed by atoms with Gasteiger partial charge in [-0.2, -0.15) is 0 Å². The Balaban J connectivity index is 3.13. The van der Waals surface area contributed by atoms with Crippen molar-refractivity contribution in [3.05, 3.63) is 0 Å². The molecule has 1 fully saturated rings. The largest absolute Gasteiger partial charge is 0.463 e. The van der Waals surface area contributed by atoms with Gasteiger partial charge in [-0.1, -0.05) is 0 Å². The molecule has 0 aromatic heterocycles. The van der Waals surface area contributed by atoms with Gasteiger partial charge < -0.3 is 33.7 Å². The molecular weight excluding hydrogens is 402 g/mol. The van der Waals surface area contributed by atoms with E-state index in [0.717, 1.165) is 6.42 Å². The molecule has 1 aliphatic heterocycles. The minimum Gasteiger partial charge on any atom is -0.463 e. The number of carbonyl (C=O) groups excluding carboxylic acids is 4. The minimum atomic E-state index is -1.13. The number of carbonyl (C=O) groups is 4. The van der Waals surface area contributed by atoms with Crippen molar-refractivity contribution < 1.29 is 47.6 Å². The molecule has 30 heavy (non-hydrogen) atoms. The van der Waals surface area contributed by atoms with Crippen molar-refractivity contribution in [2.75, 3.05) is 26.9 Å². The van der Waals surface area contributed by atoms with E-state index in [9.17, 15) is 19.2 Å². The van der Waals surface area contributed by atoms with Crippen LogP contribution in [0.2, 0.25) is 0 Å². The number of ether oxygens (including phenoxy) is 6. The normalized spacial score (nSPS) is 25.8. The summed E-state index contributed by atoms with van der Waals surface area (Å²) in [6.45, 7) is 5.44. The molecule has 11 heteroatoms. The van der Waals surface area contributed by atoms with E-state index in [-0.39, 0.29) is 13.2 Å². The summed E-state index contributed by atoms with van der Waals surface area (Å²) >= 11 is 0. The molecule has 0 spiro atoms. The molecule has 172 valence electrons. The first-order chi connectivity index (χ1) is 14.1. The van der Waals surface area contributed by atoms with Crippen molar-refractivity contribution in [3.8, 4) is 0 Å². The van der Waals surface area contributed by atoms with Crippen LogP contribution in [-0.2, 0) is 47.6 Å². The number of rotatable bonds is 11. The Kier molecular flexibility index (Phi) is 11.3. The van der Waals surface area contributed by atoms with Gasteiger partial charge in [0, 0.05) is 48.0 Å².